The Morgan fingerprint density at radius 2 is 1.68 bits per heavy atom. The summed E-state index contributed by atoms with van der Waals surface area (Å²) in [5.74, 6) is -0.291. The van der Waals surface area contributed by atoms with Gasteiger partial charge < -0.3 is 4.57 Å². The van der Waals surface area contributed by atoms with E-state index in [0.717, 1.165) is 34.1 Å². The van der Waals surface area contributed by atoms with Crippen molar-refractivity contribution in [2.24, 2.45) is 28.8 Å². The second kappa shape index (κ2) is 6.03. The van der Waals surface area contributed by atoms with Crippen molar-refractivity contribution in [1.82, 2.24) is 9.58 Å². The van der Waals surface area contributed by atoms with E-state index in [4.69, 9.17) is 0 Å². The van der Waals surface area contributed by atoms with E-state index >= 15 is 0 Å². The number of hydrazone groups is 1. The molecule has 142 valence electrons. The summed E-state index contributed by atoms with van der Waals surface area (Å²) in [6, 6.07) is 10.4. The molecule has 5 nitrogen and oxygen atoms in total. The lowest BCUT2D eigenvalue weighted by atomic mass is 9.85. The number of hydrogen-bond donors (Lipinski definition) is 0. The monoisotopic (exact) mass is 373 g/mol. The quantitative estimate of drug-likeness (QED) is 0.469. The van der Waals surface area contributed by atoms with Crippen molar-refractivity contribution in [2.75, 3.05) is 0 Å². The Labute approximate surface area is 164 Å². The summed E-state index contributed by atoms with van der Waals surface area (Å²) in [7, 11) is 0. The number of aromatic nitrogens is 1. The fourth-order valence-corrected chi connectivity index (χ4v) is 5.20. The first-order chi connectivity index (χ1) is 13.5. The standard InChI is InChI=1S/C23H23N3O2/c1-13-5-4-6-19(9-13)25-14(2)10-18(15(25)3)12-24-26-22(27)20-16-7-8-17(11-16)21(20)23(26)28/h4-10,12,16-17,20-21H,11H2,1-3H3/b24-12-/t16-,17-,20-,21+/m0/s1. The summed E-state index contributed by atoms with van der Waals surface area (Å²) < 4.78 is 2.17. The molecule has 2 aliphatic carbocycles. The molecular formula is C23H23N3O2. The molecule has 1 saturated carbocycles. The molecular weight excluding hydrogens is 350 g/mol. The van der Waals surface area contributed by atoms with Gasteiger partial charge >= 0.3 is 0 Å². The maximum Gasteiger partial charge on any atom is 0.254 e. The number of imide groups is 1. The first-order valence-corrected chi connectivity index (χ1v) is 9.82. The number of aryl methyl sites for hydroxylation is 2. The van der Waals surface area contributed by atoms with Crippen LogP contribution in [0.1, 0.15) is 28.9 Å². The second-order valence-corrected chi connectivity index (χ2v) is 8.23. The summed E-state index contributed by atoms with van der Waals surface area (Å²) in [4.78, 5) is 25.6. The van der Waals surface area contributed by atoms with Crippen LogP contribution in [0, 0.1) is 44.4 Å². The van der Waals surface area contributed by atoms with Crippen LogP contribution in [0.15, 0.2) is 47.6 Å². The number of rotatable bonds is 3. The lowest BCUT2D eigenvalue weighted by Crippen LogP contribution is -2.28. The van der Waals surface area contributed by atoms with Gasteiger partial charge in [0.25, 0.3) is 11.8 Å². The average Bonchev–Trinajstić information content (AvgIpc) is 3.39. The van der Waals surface area contributed by atoms with E-state index in [1.165, 1.54) is 5.56 Å². The number of fused-ring (bicyclic) bond motifs is 5. The van der Waals surface area contributed by atoms with Gasteiger partial charge in [0.05, 0.1) is 18.1 Å². The minimum atomic E-state index is -0.209. The molecule has 0 spiro atoms. The molecule has 1 saturated heterocycles. The van der Waals surface area contributed by atoms with Crippen LogP contribution in [0.2, 0.25) is 0 Å². The van der Waals surface area contributed by atoms with Crippen LogP contribution in [0.25, 0.3) is 5.69 Å². The van der Waals surface area contributed by atoms with Gasteiger partial charge in [-0.05, 0) is 62.8 Å². The average molecular weight is 373 g/mol. The van der Waals surface area contributed by atoms with Crippen molar-refractivity contribution in [3.63, 3.8) is 0 Å². The lowest BCUT2D eigenvalue weighted by Gasteiger charge is -2.13. The van der Waals surface area contributed by atoms with Gasteiger partial charge in [0, 0.05) is 22.6 Å². The van der Waals surface area contributed by atoms with Crippen LogP contribution < -0.4 is 0 Å². The summed E-state index contributed by atoms with van der Waals surface area (Å²) in [6.07, 6.45) is 6.78. The van der Waals surface area contributed by atoms with Crippen molar-refractivity contribution in [2.45, 2.75) is 27.2 Å². The highest BCUT2D eigenvalue weighted by Gasteiger charge is 2.59. The summed E-state index contributed by atoms with van der Waals surface area (Å²) in [6.45, 7) is 6.15. The number of benzene rings is 1. The molecule has 2 heterocycles. The van der Waals surface area contributed by atoms with E-state index in [9.17, 15) is 9.59 Å². The summed E-state index contributed by atoms with van der Waals surface area (Å²) in [5.41, 5.74) is 5.33. The zero-order valence-electron chi connectivity index (χ0n) is 16.3. The van der Waals surface area contributed by atoms with Gasteiger partial charge in [-0.25, -0.2) is 0 Å². The van der Waals surface area contributed by atoms with E-state index < -0.39 is 0 Å². The topological polar surface area (TPSA) is 54.7 Å². The molecule has 3 aliphatic rings. The van der Waals surface area contributed by atoms with Crippen molar-refractivity contribution < 1.29 is 9.59 Å². The van der Waals surface area contributed by atoms with E-state index in [1.54, 1.807) is 6.21 Å². The van der Waals surface area contributed by atoms with Gasteiger partial charge in [0.15, 0.2) is 0 Å². The van der Waals surface area contributed by atoms with Crippen LogP contribution in [-0.4, -0.2) is 27.6 Å². The van der Waals surface area contributed by atoms with Gasteiger partial charge in [0.2, 0.25) is 0 Å². The number of carbonyl (C=O) groups excluding carboxylic acids is 2. The molecule has 0 unspecified atom stereocenters. The normalized spacial score (nSPS) is 28.2. The third-order valence-corrected chi connectivity index (χ3v) is 6.49. The van der Waals surface area contributed by atoms with Crippen molar-refractivity contribution in [3.8, 4) is 5.69 Å². The van der Waals surface area contributed by atoms with Gasteiger partial charge in [-0.2, -0.15) is 10.1 Å². The molecule has 1 aromatic carbocycles. The van der Waals surface area contributed by atoms with E-state index in [1.807, 2.05) is 26.0 Å². The first kappa shape index (κ1) is 17.2. The molecule has 1 aromatic heterocycles. The molecule has 2 fully saturated rings. The predicted molar refractivity (Wildman–Crippen MR) is 107 cm³/mol. The Kier molecular flexibility index (Phi) is 3.69. The van der Waals surface area contributed by atoms with Crippen molar-refractivity contribution in [3.05, 3.63) is 65.0 Å². The molecule has 0 radical (unpaired) electrons. The zero-order chi connectivity index (χ0) is 19.6. The van der Waals surface area contributed by atoms with Crippen molar-refractivity contribution in [1.29, 1.82) is 0 Å². The highest BCUT2D eigenvalue weighted by Crippen LogP contribution is 2.52. The molecule has 2 amide bonds. The molecule has 2 bridgehead atoms. The fraction of sp³-hybridized carbons (Fsp3) is 0.348. The van der Waals surface area contributed by atoms with Crippen LogP contribution in [0.5, 0.6) is 0 Å². The molecule has 0 N–H and O–H groups in total. The lowest BCUT2D eigenvalue weighted by molar-refractivity contribution is -0.140. The van der Waals surface area contributed by atoms with Crippen LogP contribution in [0.3, 0.4) is 0 Å². The van der Waals surface area contributed by atoms with Crippen LogP contribution in [-0.2, 0) is 9.59 Å². The van der Waals surface area contributed by atoms with Crippen LogP contribution >= 0.6 is 0 Å². The number of amides is 2. The zero-order valence-corrected chi connectivity index (χ0v) is 16.3. The molecule has 5 heteroatoms. The Morgan fingerprint density at radius 1 is 1.00 bits per heavy atom. The van der Waals surface area contributed by atoms with Crippen LogP contribution in [0.4, 0.5) is 0 Å². The predicted octanol–water partition coefficient (Wildman–Crippen LogP) is 3.54. The third-order valence-electron chi connectivity index (χ3n) is 6.49. The van der Waals surface area contributed by atoms with E-state index in [2.05, 4.69) is 46.9 Å². The summed E-state index contributed by atoms with van der Waals surface area (Å²) in [5, 5.41) is 5.44. The maximum atomic E-state index is 12.8. The van der Waals surface area contributed by atoms with E-state index in [0.29, 0.717) is 0 Å². The SMILES string of the molecule is Cc1cccc(-n2c(C)cc(/C=N\N3C(=O)[C@@H]4[C@H](C3=O)[C@H]3C=C[C@H]4C3)c2C)c1. The number of nitrogens with zero attached hydrogens (tertiary/aromatic N) is 3. The first-order valence-electron chi connectivity index (χ1n) is 9.82. The number of allylic oxidation sites excluding steroid dienone is 2. The molecule has 28 heavy (non-hydrogen) atoms. The van der Waals surface area contributed by atoms with Crippen molar-refractivity contribution >= 4 is 18.0 Å². The smallest absolute Gasteiger partial charge is 0.254 e. The Hall–Kier alpha value is -2.95. The molecule has 4 atom stereocenters. The fourth-order valence-electron chi connectivity index (χ4n) is 5.20. The number of hydrogen-bond acceptors (Lipinski definition) is 3. The second-order valence-electron chi connectivity index (χ2n) is 8.23. The van der Waals surface area contributed by atoms with E-state index in [-0.39, 0.29) is 35.5 Å². The minimum absolute atomic E-state index is 0.143. The van der Waals surface area contributed by atoms with Gasteiger partial charge in [-0.3, -0.25) is 9.59 Å². The van der Waals surface area contributed by atoms with Gasteiger partial charge in [-0.15, -0.1) is 0 Å². The number of carbonyl (C=O) groups is 2. The van der Waals surface area contributed by atoms with Gasteiger partial charge in [-0.1, -0.05) is 24.3 Å². The minimum Gasteiger partial charge on any atom is -0.318 e. The Balaban J connectivity index is 1.45. The largest absolute Gasteiger partial charge is 0.318 e. The molecule has 2 aromatic rings. The maximum absolute atomic E-state index is 12.8. The summed E-state index contributed by atoms with van der Waals surface area (Å²) >= 11 is 0. The Morgan fingerprint density at radius 3 is 2.32 bits per heavy atom. The molecule has 5 rings (SSSR count). The highest BCUT2D eigenvalue weighted by molar-refractivity contribution is 6.06. The third kappa shape index (κ3) is 2.35. The highest BCUT2D eigenvalue weighted by atomic mass is 16.2. The Bertz CT molecular complexity index is 1030. The van der Waals surface area contributed by atoms with Gasteiger partial charge in [0.1, 0.15) is 0 Å². The molecule has 1 aliphatic heterocycles.